The van der Waals surface area contributed by atoms with Gasteiger partial charge in [0, 0.05) is 18.9 Å². The second-order valence-corrected chi connectivity index (χ2v) is 4.14. The van der Waals surface area contributed by atoms with E-state index in [9.17, 15) is 9.90 Å². The van der Waals surface area contributed by atoms with Crippen LogP contribution >= 0.6 is 0 Å². The van der Waals surface area contributed by atoms with Crippen molar-refractivity contribution in [1.82, 2.24) is 10.3 Å². The summed E-state index contributed by atoms with van der Waals surface area (Å²) in [5.74, 6) is 0.889. The van der Waals surface area contributed by atoms with Gasteiger partial charge in [0.2, 0.25) is 0 Å². The van der Waals surface area contributed by atoms with Crippen LogP contribution in [0.1, 0.15) is 28.3 Å². The Hall–Kier alpha value is -1.95. The van der Waals surface area contributed by atoms with Crippen molar-refractivity contribution in [2.75, 3.05) is 0 Å². The molecule has 2 aromatic heterocycles. The molecule has 17 heavy (non-hydrogen) atoms. The van der Waals surface area contributed by atoms with Gasteiger partial charge in [0.1, 0.15) is 17.1 Å². The van der Waals surface area contributed by atoms with Crippen molar-refractivity contribution in [3.05, 3.63) is 23.2 Å². The van der Waals surface area contributed by atoms with Crippen LogP contribution in [0, 0.1) is 6.92 Å². The standard InChI is InChI=1S/C11H10N2O4/c1-5-2-7(12-16-5)11-10-8(15)3-6(14)4-9(10)17-13-11/h2,6,14H,3-4H2,1H3. The second-order valence-electron chi connectivity index (χ2n) is 4.14. The van der Waals surface area contributed by atoms with Crippen LogP contribution in [0.15, 0.2) is 15.1 Å². The van der Waals surface area contributed by atoms with Crippen molar-refractivity contribution in [1.29, 1.82) is 0 Å². The quantitative estimate of drug-likeness (QED) is 0.795. The van der Waals surface area contributed by atoms with Crippen LogP contribution in [0.25, 0.3) is 11.4 Å². The van der Waals surface area contributed by atoms with Crippen LogP contribution in [-0.2, 0) is 6.42 Å². The van der Waals surface area contributed by atoms with E-state index in [2.05, 4.69) is 10.3 Å². The molecule has 6 heteroatoms. The van der Waals surface area contributed by atoms with E-state index in [1.54, 1.807) is 13.0 Å². The maximum Gasteiger partial charge on any atom is 0.171 e. The maximum absolute atomic E-state index is 11.8. The Morgan fingerprint density at radius 2 is 2.18 bits per heavy atom. The van der Waals surface area contributed by atoms with E-state index in [4.69, 9.17) is 9.05 Å². The molecular formula is C11H10N2O4. The zero-order valence-corrected chi connectivity index (χ0v) is 9.14. The molecular weight excluding hydrogens is 224 g/mol. The molecule has 0 fully saturated rings. The van der Waals surface area contributed by atoms with Gasteiger partial charge in [0.05, 0.1) is 11.7 Å². The van der Waals surface area contributed by atoms with Crippen LogP contribution in [0.2, 0.25) is 0 Å². The molecule has 2 aromatic rings. The summed E-state index contributed by atoms with van der Waals surface area (Å²) in [5, 5.41) is 17.1. The normalized spacial score (nSPS) is 19.4. The average Bonchev–Trinajstić information content (AvgIpc) is 2.83. The Kier molecular flexibility index (Phi) is 2.12. The summed E-state index contributed by atoms with van der Waals surface area (Å²) < 4.78 is 10.0. The average molecular weight is 234 g/mol. The molecule has 0 aliphatic heterocycles. The molecule has 1 N–H and O–H groups in total. The molecule has 1 aliphatic rings. The van der Waals surface area contributed by atoms with Crippen molar-refractivity contribution in [2.45, 2.75) is 25.9 Å². The number of ketones is 1. The highest BCUT2D eigenvalue weighted by atomic mass is 16.5. The molecule has 1 atom stereocenters. The molecule has 0 saturated heterocycles. The van der Waals surface area contributed by atoms with Crippen LogP contribution in [0.4, 0.5) is 0 Å². The summed E-state index contributed by atoms with van der Waals surface area (Å²) in [5.41, 5.74) is 1.30. The Morgan fingerprint density at radius 1 is 1.35 bits per heavy atom. The molecule has 0 aromatic carbocycles. The summed E-state index contributed by atoms with van der Waals surface area (Å²) in [6.07, 6.45) is -0.280. The Bertz CT molecular complexity index is 584. The van der Waals surface area contributed by atoms with E-state index in [1.165, 1.54) is 0 Å². The van der Waals surface area contributed by atoms with Crippen molar-refractivity contribution >= 4 is 5.78 Å². The Morgan fingerprint density at radius 3 is 2.88 bits per heavy atom. The Labute approximate surface area is 96.2 Å². The number of rotatable bonds is 1. The molecule has 1 unspecified atom stereocenters. The number of aromatic nitrogens is 2. The number of aliphatic hydroxyl groups is 1. The number of fused-ring (bicyclic) bond motifs is 1. The van der Waals surface area contributed by atoms with Gasteiger partial charge in [-0.1, -0.05) is 10.3 Å². The van der Waals surface area contributed by atoms with Crippen LogP contribution < -0.4 is 0 Å². The minimum atomic E-state index is -0.685. The maximum atomic E-state index is 11.8. The highest BCUT2D eigenvalue weighted by molar-refractivity contribution is 6.03. The smallest absolute Gasteiger partial charge is 0.171 e. The summed E-state index contributed by atoms with van der Waals surface area (Å²) >= 11 is 0. The number of hydrogen-bond acceptors (Lipinski definition) is 6. The van der Waals surface area contributed by atoms with Gasteiger partial charge in [-0.15, -0.1) is 0 Å². The number of Topliss-reactive ketones (excluding diaryl/α,β-unsaturated/α-hetero) is 1. The zero-order valence-electron chi connectivity index (χ0n) is 9.14. The lowest BCUT2D eigenvalue weighted by Crippen LogP contribution is -2.23. The number of aliphatic hydroxyl groups excluding tert-OH is 1. The van der Waals surface area contributed by atoms with E-state index in [-0.39, 0.29) is 12.2 Å². The van der Waals surface area contributed by atoms with Gasteiger partial charge in [-0.25, -0.2) is 0 Å². The van der Waals surface area contributed by atoms with Crippen LogP contribution in [-0.4, -0.2) is 27.3 Å². The van der Waals surface area contributed by atoms with Gasteiger partial charge in [0.25, 0.3) is 0 Å². The SMILES string of the molecule is Cc1cc(-c2noc3c2C(=O)CC(O)C3)no1. The first-order valence-electron chi connectivity index (χ1n) is 5.28. The number of carbonyl (C=O) groups is 1. The van der Waals surface area contributed by atoms with Crippen molar-refractivity contribution < 1.29 is 18.9 Å². The number of nitrogens with zero attached hydrogens (tertiary/aromatic N) is 2. The third-order valence-electron chi connectivity index (χ3n) is 2.75. The minimum Gasteiger partial charge on any atom is -0.392 e. The topological polar surface area (TPSA) is 89.4 Å². The number of aryl methyl sites for hydroxylation is 1. The van der Waals surface area contributed by atoms with E-state index in [1.807, 2.05) is 0 Å². The first-order valence-corrected chi connectivity index (χ1v) is 5.28. The predicted molar refractivity (Wildman–Crippen MR) is 55.4 cm³/mol. The first-order chi connectivity index (χ1) is 8.15. The van der Waals surface area contributed by atoms with E-state index in [0.29, 0.717) is 34.9 Å². The molecule has 1 aliphatic carbocycles. The van der Waals surface area contributed by atoms with E-state index in [0.717, 1.165) is 0 Å². The first kappa shape index (κ1) is 10.2. The summed E-state index contributed by atoms with van der Waals surface area (Å²) in [4.78, 5) is 11.8. The molecule has 0 bridgehead atoms. The molecule has 6 nitrogen and oxygen atoms in total. The lowest BCUT2D eigenvalue weighted by molar-refractivity contribution is 0.0835. The fourth-order valence-electron chi connectivity index (χ4n) is 2.01. The predicted octanol–water partition coefficient (Wildman–Crippen LogP) is 1.13. The molecule has 2 heterocycles. The molecule has 0 spiro atoms. The molecule has 0 amide bonds. The molecule has 88 valence electrons. The monoisotopic (exact) mass is 234 g/mol. The summed E-state index contributed by atoms with van der Waals surface area (Å²) in [6.45, 7) is 1.76. The van der Waals surface area contributed by atoms with Crippen LogP contribution in [0.3, 0.4) is 0 Å². The van der Waals surface area contributed by atoms with Gasteiger partial charge < -0.3 is 14.2 Å². The van der Waals surface area contributed by atoms with Gasteiger partial charge in [0.15, 0.2) is 11.5 Å². The molecule has 3 rings (SSSR count). The summed E-state index contributed by atoms with van der Waals surface area (Å²) in [6, 6.07) is 1.69. The van der Waals surface area contributed by atoms with Gasteiger partial charge >= 0.3 is 0 Å². The van der Waals surface area contributed by atoms with Crippen molar-refractivity contribution in [3.63, 3.8) is 0 Å². The third-order valence-corrected chi connectivity index (χ3v) is 2.75. The summed E-state index contributed by atoms with van der Waals surface area (Å²) in [7, 11) is 0. The highest BCUT2D eigenvalue weighted by Crippen LogP contribution is 2.30. The van der Waals surface area contributed by atoms with Crippen molar-refractivity contribution in [2.24, 2.45) is 0 Å². The highest BCUT2D eigenvalue weighted by Gasteiger charge is 2.32. The minimum absolute atomic E-state index is 0.0953. The van der Waals surface area contributed by atoms with Gasteiger partial charge in [-0.2, -0.15) is 0 Å². The van der Waals surface area contributed by atoms with Crippen molar-refractivity contribution in [3.8, 4) is 11.4 Å². The van der Waals surface area contributed by atoms with Gasteiger partial charge in [-0.05, 0) is 6.92 Å². The largest absolute Gasteiger partial charge is 0.392 e. The lowest BCUT2D eigenvalue weighted by Gasteiger charge is -2.13. The second kappa shape index (κ2) is 3.53. The van der Waals surface area contributed by atoms with E-state index >= 15 is 0 Å². The fraction of sp³-hybridized carbons (Fsp3) is 0.364. The van der Waals surface area contributed by atoms with Crippen LogP contribution in [0.5, 0.6) is 0 Å². The number of hydrogen-bond donors (Lipinski definition) is 1. The number of carbonyl (C=O) groups excluding carboxylic acids is 1. The van der Waals surface area contributed by atoms with E-state index < -0.39 is 6.10 Å². The fourth-order valence-corrected chi connectivity index (χ4v) is 2.01. The molecule has 0 radical (unpaired) electrons. The zero-order chi connectivity index (χ0) is 12.0. The Balaban J connectivity index is 2.12. The third kappa shape index (κ3) is 1.57. The lowest BCUT2D eigenvalue weighted by atomic mass is 9.92. The van der Waals surface area contributed by atoms with Gasteiger partial charge in [-0.3, -0.25) is 4.79 Å². The molecule has 0 saturated carbocycles.